The van der Waals surface area contributed by atoms with E-state index in [0.29, 0.717) is 13.2 Å². The molecule has 0 rings (SSSR count). The Balaban J connectivity index is 3.65. The third kappa shape index (κ3) is 30.6. The third-order valence-corrected chi connectivity index (χ3v) is 9.62. The number of nitrogens with zero attached hydrogens (tertiary/aromatic N) is 1. The van der Waals surface area contributed by atoms with Crippen LogP contribution in [0.15, 0.2) is 24.3 Å². The standard InChI is InChI=1S/C42H83NO3/c1-5-7-9-11-13-15-17-19-21-23-25-27-29-31-33-35-37-45-40-42(39-44,43(3)4)41-46-38-36-34-32-30-28-26-24-22-20-18-16-14-12-10-8-6-2/h13,15,19,21,44H,5-12,14,16-18,20,22-41H2,1-4H3/b15-13-,21-19-. The minimum absolute atomic E-state index is 0.0582. The zero-order valence-electron chi connectivity index (χ0n) is 31.9. The second kappa shape index (κ2) is 37.1. The van der Waals surface area contributed by atoms with Crippen molar-refractivity contribution < 1.29 is 14.6 Å². The van der Waals surface area contributed by atoms with Gasteiger partial charge in [-0.15, -0.1) is 0 Å². The summed E-state index contributed by atoms with van der Waals surface area (Å²) in [6, 6.07) is 0. The third-order valence-electron chi connectivity index (χ3n) is 9.62. The maximum Gasteiger partial charge on any atom is 0.0907 e. The van der Waals surface area contributed by atoms with Gasteiger partial charge in [0.1, 0.15) is 0 Å². The number of ether oxygens (including phenoxy) is 2. The normalized spacial score (nSPS) is 13.5. The molecule has 1 unspecified atom stereocenters. The van der Waals surface area contributed by atoms with Crippen LogP contribution in [0.4, 0.5) is 0 Å². The molecule has 0 aliphatic rings. The summed E-state index contributed by atoms with van der Waals surface area (Å²) < 4.78 is 12.1. The van der Waals surface area contributed by atoms with Gasteiger partial charge >= 0.3 is 0 Å². The van der Waals surface area contributed by atoms with Crippen molar-refractivity contribution in [2.24, 2.45) is 0 Å². The molecule has 0 aliphatic heterocycles. The van der Waals surface area contributed by atoms with Crippen LogP contribution >= 0.6 is 0 Å². The topological polar surface area (TPSA) is 41.9 Å². The van der Waals surface area contributed by atoms with Crippen molar-refractivity contribution in [3.63, 3.8) is 0 Å². The van der Waals surface area contributed by atoms with E-state index in [4.69, 9.17) is 9.47 Å². The predicted molar refractivity (Wildman–Crippen MR) is 204 cm³/mol. The van der Waals surface area contributed by atoms with Crippen molar-refractivity contribution in [1.82, 2.24) is 4.90 Å². The fourth-order valence-electron chi connectivity index (χ4n) is 6.00. The van der Waals surface area contributed by atoms with E-state index in [1.165, 1.54) is 161 Å². The molecule has 0 aromatic rings. The van der Waals surface area contributed by atoms with Crippen molar-refractivity contribution in [2.75, 3.05) is 47.1 Å². The molecule has 1 atom stereocenters. The molecule has 0 heterocycles. The van der Waals surface area contributed by atoms with Crippen molar-refractivity contribution in [3.8, 4) is 0 Å². The summed E-state index contributed by atoms with van der Waals surface area (Å²) in [5.41, 5.74) is -0.451. The average molecular weight is 650 g/mol. The molecule has 1 N–H and O–H groups in total. The van der Waals surface area contributed by atoms with Gasteiger partial charge in [-0.05, 0) is 59.0 Å². The zero-order valence-corrected chi connectivity index (χ0v) is 31.9. The van der Waals surface area contributed by atoms with Crippen LogP contribution in [0.2, 0.25) is 0 Å². The largest absolute Gasteiger partial charge is 0.394 e. The maximum absolute atomic E-state index is 10.2. The molecule has 0 radical (unpaired) electrons. The SMILES string of the molecule is CCCCC/C=C\C/C=C\CCCCCCCCOCC(CO)(COCCCCCCCCCCCCCCCCCC)N(C)C. The number of likely N-dealkylation sites (N-methyl/N-ethyl adjacent to an activating group) is 1. The highest BCUT2D eigenvalue weighted by Gasteiger charge is 2.33. The summed E-state index contributed by atoms with van der Waals surface area (Å²) in [7, 11) is 4.05. The number of aliphatic hydroxyl groups is 1. The lowest BCUT2D eigenvalue weighted by Crippen LogP contribution is -2.55. The van der Waals surface area contributed by atoms with Crippen LogP contribution < -0.4 is 0 Å². The molecular weight excluding hydrogens is 566 g/mol. The fraction of sp³-hybridized carbons (Fsp3) is 0.905. The number of hydrogen-bond acceptors (Lipinski definition) is 4. The van der Waals surface area contributed by atoms with Crippen LogP contribution in [-0.4, -0.2) is 62.7 Å². The molecule has 4 heteroatoms. The number of rotatable bonds is 38. The summed E-state index contributed by atoms with van der Waals surface area (Å²) in [6.07, 6.45) is 46.5. The first-order valence-electron chi connectivity index (χ1n) is 20.4. The Morgan fingerprint density at radius 3 is 1.15 bits per heavy atom. The van der Waals surface area contributed by atoms with Crippen molar-refractivity contribution in [3.05, 3.63) is 24.3 Å². The van der Waals surface area contributed by atoms with Crippen LogP contribution in [0, 0.1) is 0 Å². The van der Waals surface area contributed by atoms with Crippen molar-refractivity contribution in [1.29, 1.82) is 0 Å². The Morgan fingerprint density at radius 1 is 0.457 bits per heavy atom. The van der Waals surface area contributed by atoms with E-state index in [-0.39, 0.29) is 6.61 Å². The maximum atomic E-state index is 10.2. The quantitative estimate of drug-likeness (QED) is 0.0534. The molecule has 0 aromatic carbocycles. The number of aliphatic hydroxyl groups excluding tert-OH is 1. The predicted octanol–water partition coefficient (Wildman–Crippen LogP) is 12.4. The lowest BCUT2D eigenvalue weighted by molar-refractivity contribution is -0.0684. The van der Waals surface area contributed by atoms with Gasteiger partial charge in [0.15, 0.2) is 0 Å². The average Bonchev–Trinajstić information content (AvgIpc) is 3.06. The van der Waals surface area contributed by atoms with Gasteiger partial charge in [0, 0.05) is 13.2 Å². The molecular formula is C42H83NO3. The molecule has 0 amide bonds. The van der Waals surface area contributed by atoms with Gasteiger partial charge < -0.3 is 14.6 Å². The number of allylic oxidation sites excluding steroid dienone is 4. The first-order chi connectivity index (χ1) is 22.6. The Bertz CT molecular complexity index is 634. The highest BCUT2D eigenvalue weighted by molar-refractivity contribution is 4.92. The molecule has 0 saturated carbocycles. The number of hydrogen-bond donors (Lipinski definition) is 1. The molecule has 4 nitrogen and oxygen atoms in total. The van der Waals surface area contributed by atoms with Gasteiger partial charge in [-0.2, -0.15) is 0 Å². The Labute approximate surface area is 289 Å². The minimum Gasteiger partial charge on any atom is -0.394 e. The van der Waals surface area contributed by atoms with Gasteiger partial charge in [-0.1, -0.05) is 173 Å². The van der Waals surface area contributed by atoms with E-state index in [9.17, 15) is 5.11 Å². The smallest absolute Gasteiger partial charge is 0.0907 e. The molecule has 0 saturated heterocycles. The van der Waals surface area contributed by atoms with Crippen LogP contribution in [-0.2, 0) is 9.47 Å². The van der Waals surface area contributed by atoms with Gasteiger partial charge in [0.2, 0.25) is 0 Å². The van der Waals surface area contributed by atoms with E-state index in [1.54, 1.807) is 0 Å². The Morgan fingerprint density at radius 2 is 0.783 bits per heavy atom. The number of unbranched alkanes of at least 4 members (excludes halogenated alkanes) is 24. The van der Waals surface area contributed by atoms with Crippen LogP contribution in [0.3, 0.4) is 0 Å². The molecule has 0 aliphatic carbocycles. The van der Waals surface area contributed by atoms with Crippen molar-refractivity contribution in [2.45, 2.75) is 199 Å². The summed E-state index contributed by atoms with van der Waals surface area (Å²) in [5.74, 6) is 0. The fourth-order valence-corrected chi connectivity index (χ4v) is 6.00. The van der Waals surface area contributed by atoms with Crippen LogP contribution in [0.5, 0.6) is 0 Å². The highest BCUT2D eigenvalue weighted by atomic mass is 16.5. The minimum atomic E-state index is -0.451. The van der Waals surface area contributed by atoms with Gasteiger partial charge in [0.05, 0.1) is 25.4 Å². The van der Waals surface area contributed by atoms with E-state index >= 15 is 0 Å². The lowest BCUT2D eigenvalue weighted by atomic mass is 10.0. The van der Waals surface area contributed by atoms with Gasteiger partial charge in [-0.25, -0.2) is 0 Å². The summed E-state index contributed by atoms with van der Waals surface area (Å²) >= 11 is 0. The molecule has 274 valence electrons. The van der Waals surface area contributed by atoms with E-state index in [2.05, 4.69) is 43.1 Å². The summed E-state index contributed by atoms with van der Waals surface area (Å²) in [6.45, 7) is 7.21. The summed E-state index contributed by atoms with van der Waals surface area (Å²) in [4.78, 5) is 2.08. The van der Waals surface area contributed by atoms with Crippen molar-refractivity contribution >= 4 is 0 Å². The first kappa shape index (κ1) is 45.3. The van der Waals surface area contributed by atoms with E-state index < -0.39 is 5.54 Å². The Kier molecular flexibility index (Phi) is 36.6. The van der Waals surface area contributed by atoms with Crippen LogP contribution in [0.25, 0.3) is 0 Å². The van der Waals surface area contributed by atoms with E-state index in [0.717, 1.165) is 32.5 Å². The zero-order chi connectivity index (χ0) is 33.7. The second-order valence-electron chi connectivity index (χ2n) is 14.3. The van der Waals surface area contributed by atoms with Gasteiger partial charge in [0.25, 0.3) is 0 Å². The highest BCUT2D eigenvalue weighted by Crippen LogP contribution is 2.16. The Hall–Kier alpha value is -0.680. The molecule has 46 heavy (non-hydrogen) atoms. The molecule has 0 fully saturated rings. The summed E-state index contributed by atoms with van der Waals surface area (Å²) in [5, 5.41) is 10.2. The second-order valence-corrected chi connectivity index (χ2v) is 14.3. The molecule has 0 bridgehead atoms. The molecule has 0 aromatic heterocycles. The lowest BCUT2D eigenvalue weighted by Gasteiger charge is -2.37. The van der Waals surface area contributed by atoms with E-state index in [1.807, 2.05) is 14.1 Å². The molecule has 0 spiro atoms. The van der Waals surface area contributed by atoms with Gasteiger partial charge in [-0.3, -0.25) is 4.90 Å². The monoisotopic (exact) mass is 650 g/mol. The van der Waals surface area contributed by atoms with Crippen LogP contribution in [0.1, 0.15) is 194 Å². The first-order valence-corrected chi connectivity index (χ1v) is 20.4.